The minimum atomic E-state index is 0.153. The normalized spacial score (nSPS) is 19.7. The zero-order valence-electron chi connectivity index (χ0n) is 9.23. The number of aryl methyl sites for hydroxylation is 1. The molecule has 0 aromatic heterocycles. The van der Waals surface area contributed by atoms with E-state index in [9.17, 15) is 0 Å². The van der Waals surface area contributed by atoms with Gasteiger partial charge in [0.05, 0.1) is 13.2 Å². The van der Waals surface area contributed by atoms with E-state index < -0.39 is 0 Å². The fourth-order valence-electron chi connectivity index (χ4n) is 1.67. The van der Waals surface area contributed by atoms with Crippen LogP contribution in [0.3, 0.4) is 0 Å². The first-order chi connectivity index (χ1) is 7.66. The van der Waals surface area contributed by atoms with Gasteiger partial charge in [0.2, 0.25) is 0 Å². The van der Waals surface area contributed by atoms with Gasteiger partial charge in [-0.1, -0.05) is 24.4 Å². The quantitative estimate of drug-likeness (QED) is 0.814. The van der Waals surface area contributed by atoms with Crippen molar-refractivity contribution in [2.24, 2.45) is 5.73 Å². The predicted octanol–water partition coefficient (Wildman–Crippen LogP) is 1.80. The van der Waals surface area contributed by atoms with Gasteiger partial charge in [-0.05, 0) is 18.6 Å². The summed E-state index contributed by atoms with van der Waals surface area (Å²) in [7, 11) is 0. The Morgan fingerprint density at radius 2 is 2.38 bits per heavy atom. The van der Waals surface area contributed by atoms with Crippen LogP contribution in [0.1, 0.15) is 17.5 Å². The molecule has 0 aliphatic carbocycles. The van der Waals surface area contributed by atoms with Gasteiger partial charge in [-0.15, -0.1) is 0 Å². The van der Waals surface area contributed by atoms with Gasteiger partial charge < -0.3 is 15.2 Å². The Labute approximate surface area is 101 Å². The molecule has 1 aromatic rings. The fraction of sp³-hybridized carbons (Fsp3) is 0.417. The maximum Gasteiger partial charge on any atom is 0.124 e. The molecule has 1 heterocycles. The molecule has 1 aliphatic heterocycles. The molecule has 16 heavy (non-hydrogen) atoms. The molecule has 1 aromatic carbocycles. The maximum atomic E-state index is 5.86. The summed E-state index contributed by atoms with van der Waals surface area (Å²) in [6, 6.07) is 5.78. The second-order valence-electron chi connectivity index (χ2n) is 3.95. The highest BCUT2D eigenvalue weighted by molar-refractivity contribution is 7.80. The standard InChI is InChI=1S/C12H15NO2S/c1-8-2-3-9(12(13)16)6-11(8)15-10-4-5-14-7-10/h2-3,6,10H,4-5,7H2,1H3,(H2,13,16). The summed E-state index contributed by atoms with van der Waals surface area (Å²) in [5.74, 6) is 0.848. The van der Waals surface area contributed by atoms with Crippen LogP contribution in [0.4, 0.5) is 0 Å². The Hall–Kier alpha value is -1.13. The van der Waals surface area contributed by atoms with Crippen LogP contribution >= 0.6 is 12.2 Å². The molecular formula is C12H15NO2S. The number of ether oxygens (including phenoxy) is 2. The number of benzene rings is 1. The molecule has 0 saturated carbocycles. The van der Waals surface area contributed by atoms with Crippen molar-refractivity contribution in [1.29, 1.82) is 0 Å². The van der Waals surface area contributed by atoms with E-state index >= 15 is 0 Å². The minimum absolute atomic E-state index is 0.153. The summed E-state index contributed by atoms with van der Waals surface area (Å²) in [5.41, 5.74) is 7.52. The van der Waals surface area contributed by atoms with Crippen LogP contribution in [0, 0.1) is 6.92 Å². The summed E-state index contributed by atoms with van der Waals surface area (Å²) in [6.45, 7) is 3.45. The van der Waals surface area contributed by atoms with Gasteiger partial charge >= 0.3 is 0 Å². The Morgan fingerprint density at radius 1 is 1.56 bits per heavy atom. The molecule has 1 fully saturated rings. The summed E-state index contributed by atoms with van der Waals surface area (Å²) >= 11 is 4.95. The highest BCUT2D eigenvalue weighted by Crippen LogP contribution is 2.23. The molecule has 0 bridgehead atoms. The van der Waals surface area contributed by atoms with Gasteiger partial charge in [0.25, 0.3) is 0 Å². The lowest BCUT2D eigenvalue weighted by atomic mass is 10.1. The van der Waals surface area contributed by atoms with Crippen LogP contribution in [0.5, 0.6) is 5.75 Å². The first-order valence-corrected chi connectivity index (χ1v) is 5.72. The molecule has 1 aliphatic rings. The third-order valence-electron chi connectivity index (χ3n) is 2.65. The van der Waals surface area contributed by atoms with Gasteiger partial charge in [-0.2, -0.15) is 0 Å². The van der Waals surface area contributed by atoms with Crippen molar-refractivity contribution in [3.63, 3.8) is 0 Å². The number of hydrogen-bond acceptors (Lipinski definition) is 3. The zero-order chi connectivity index (χ0) is 11.5. The van der Waals surface area contributed by atoms with Gasteiger partial charge in [0.15, 0.2) is 0 Å². The lowest BCUT2D eigenvalue weighted by Crippen LogP contribution is -2.17. The lowest BCUT2D eigenvalue weighted by Gasteiger charge is -2.14. The molecule has 2 rings (SSSR count). The van der Waals surface area contributed by atoms with Crippen LogP contribution in [0.2, 0.25) is 0 Å². The molecule has 1 unspecified atom stereocenters. The van der Waals surface area contributed by atoms with Gasteiger partial charge in [0.1, 0.15) is 16.8 Å². The van der Waals surface area contributed by atoms with Crippen LogP contribution in [-0.2, 0) is 4.74 Å². The largest absolute Gasteiger partial charge is 0.488 e. The summed E-state index contributed by atoms with van der Waals surface area (Å²) in [4.78, 5) is 0.396. The van der Waals surface area contributed by atoms with E-state index in [1.54, 1.807) is 0 Å². The Morgan fingerprint density at radius 3 is 3.00 bits per heavy atom. The van der Waals surface area contributed by atoms with E-state index in [0.29, 0.717) is 11.6 Å². The van der Waals surface area contributed by atoms with Crippen molar-refractivity contribution in [2.75, 3.05) is 13.2 Å². The Bertz CT molecular complexity index is 400. The molecule has 1 atom stereocenters. The van der Waals surface area contributed by atoms with Crippen molar-refractivity contribution in [2.45, 2.75) is 19.4 Å². The first-order valence-electron chi connectivity index (χ1n) is 5.31. The molecule has 4 heteroatoms. The number of rotatable bonds is 3. The van der Waals surface area contributed by atoms with E-state index in [4.69, 9.17) is 27.4 Å². The number of thiocarbonyl (C=S) groups is 1. The molecule has 0 amide bonds. The maximum absolute atomic E-state index is 5.86. The SMILES string of the molecule is Cc1ccc(C(N)=S)cc1OC1CCOC1. The highest BCUT2D eigenvalue weighted by Gasteiger charge is 2.18. The average molecular weight is 237 g/mol. The fourth-order valence-corrected chi connectivity index (χ4v) is 1.79. The topological polar surface area (TPSA) is 44.5 Å². The molecule has 0 spiro atoms. The summed E-state index contributed by atoms with van der Waals surface area (Å²) in [6.07, 6.45) is 1.09. The molecule has 0 radical (unpaired) electrons. The van der Waals surface area contributed by atoms with Crippen molar-refractivity contribution in [1.82, 2.24) is 0 Å². The molecule has 2 N–H and O–H groups in total. The second kappa shape index (κ2) is 4.80. The smallest absolute Gasteiger partial charge is 0.124 e. The predicted molar refractivity (Wildman–Crippen MR) is 66.9 cm³/mol. The van der Waals surface area contributed by atoms with Crippen LogP contribution in [0.15, 0.2) is 18.2 Å². The van der Waals surface area contributed by atoms with E-state index in [-0.39, 0.29) is 6.10 Å². The minimum Gasteiger partial charge on any atom is -0.488 e. The highest BCUT2D eigenvalue weighted by atomic mass is 32.1. The monoisotopic (exact) mass is 237 g/mol. The third kappa shape index (κ3) is 2.51. The van der Waals surface area contributed by atoms with Crippen LogP contribution in [0.25, 0.3) is 0 Å². The number of nitrogens with two attached hydrogens (primary N) is 1. The second-order valence-corrected chi connectivity index (χ2v) is 4.39. The molecule has 3 nitrogen and oxygen atoms in total. The molecule has 1 saturated heterocycles. The van der Waals surface area contributed by atoms with E-state index in [1.807, 2.05) is 25.1 Å². The van der Waals surface area contributed by atoms with Gasteiger partial charge in [-0.25, -0.2) is 0 Å². The van der Waals surface area contributed by atoms with Crippen LogP contribution in [-0.4, -0.2) is 24.3 Å². The van der Waals surface area contributed by atoms with E-state index in [2.05, 4.69) is 0 Å². The van der Waals surface area contributed by atoms with E-state index in [0.717, 1.165) is 29.9 Å². The van der Waals surface area contributed by atoms with Gasteiger partial charge in [-0.3, -0.25) is 0 Å². The van der Waals surface area contributed by atoms with Crippen LogP contribution < -0.4 is 10.5 Å². The number of hydrogen-bond donors (Lipinski definition) is 1. The molecular weight excluding hydrogens is 222 g/mol. The van der Waals surface area contributed by atoms with Crippen molar-refractivity contribution in [3.05, 3.63) is 29.3 Å². The third-order valence-corrected chi connectivity index (χ3v) is 2.89. The summed E-state index contributed by atoms with van der Waals surface area (Å²) < 4.78 is 11.1. The van der Waals surface area contributed by atoms with Crippen molar-refractivity contribution >= 4 is 17.2 Å². The van der Waals surface area contributed by atoms with Crippen molar-refractivity contribution in [3.8, 4) is 5.75 Å². The Kier molecular flexibility index (Phi) is 3.41. The lowest BCUT2D eigenvalue weighted by molar-refractivity contribution is 0.141. The van der Waals surface area contributed by atoms with E-state index in [1.165, 1.54) is 0 Å². The molecule has 86 valence electrons. The Balaban J connectivity index is 2.17. The van der Waals surface area contributed by atoms with Crippen molar-refractivity contribution < 1.29 is 9.47 Å². The first kappa shape index (κ1) is 11.4. The summed E-state index contributed by atoms with van der Waals surface area (Å²) in [5, 5.41) is 0. The average Bonchev–Trinajstić information content (AvgIpc) is 2.73. The zero-order valence-corrected chi connectivity index (χ0v) is 10.0. The van der Waals surface area contributed by atoms with Gasteiger partial charge in [0, 0.05) is 12.0 Å².